The number of hydrogen-bond acceptors (Lipinski definition) is 5. The van der Waals surface area contributed by atoms with Crippen molar-refractivity contribution in [2.45, 2.75) is 13.0 Å². The van der Waals surface area contributed by atoms with E-state index in [1.165, 1.54) is 10.7 Å². The molecule has 7 heteroatoms. The van der Waals surface area contributed by atoms with Crippen LogP contribution in [0.3, 0.4) is 0 Å². The predicted molar refractivity (Wildman–Crippen MR) is 112 cm³/mol. The first kappa shape index (κ1) is 18.9. The highest BCUT2D eigenvalue weighted by Gasteiger charge is 2.27. The molecule has 1 amide bonds. The molecule has 0 aliphatic carbocycles. The lowest BCUT2D eigenvalue weighted by Crippen LogP contribution is -2.51. The fourth-order valence-electron chi connectivity index (χ4n) is 3.56. The molecule has 1 aromatic carbocycles. The van der Waals surface area contributed by atoms with Crippen molar-refractivity contribution in [1.29, 1.82) is 0 Å². The van der Waals surface area contributed by atoms with E-state index in [0.717, 1.165) is 24.3 Å². The first-order valence-electron chi connectivity index (χ1n) is 9.72. The van der Waals surface area contributed by atoms with E-state index in [1.807, 2.05) is 35.2 Å². The smallest absolute Gasteiger partial charge is 0.267 e. The van der Waals surface area contributed by atoms with Crippen molar-refractivity contribution in [1.82, 2.24) is 19.7 Å². The Morgan fingerprint density at radius 2 is 1.72 bits per heavy atom. The quantitative estimate of drug-likeness (QED) is 0.684. The second kappa shape index (κ2) is 8.26. The van der Waals surface area contributed by atoms with Gasteiger partial charge in [-0.15, -0.1) is 0 Å². The predicted octanol–water partition coefficient (Wildman–Crippen LogP) is 2.22. The molecule has 3 aromatic rings. The van der Waals surface area contributed by atoms with Gasteiger partial charge in [-0.05, 0) is 37.3 Å². The number of aromatic nitrogens is 3. The zero-order valence-corrected chi connectivity index (χ0v) is 16.3. The number of hydrogen-bond donors (Lipinski definition) is 0. The molecule has 1 fully saturated rings. The fourth-order valence-corrected chi connectivity index (χ4v) is 3.56. The summed E-state index contributed by atoms with van der Waals surface area (Å²) in [4.78, 5) is 33.6. The number of piperazine rings is 1. The van der Waals surface area contributed by atoms with Crippen molar-refractivity contribution in [3.8, 4) is 11.3 Å². The van der Waals surface area contributed by atoms with Crippen LogP contribution in [0.1, 0.15) is 13.0 Å². The van der Waals surface area contributed by atoms with E-state index < -0.39 is 6.04 Å². The number of anilines is 1. The Morgan fingerprint density at radius 3 is 2.41 bits per heavy atom. The minimum absolute atomic E-state index is 0.0874. The molecule has 3 heterocycles. The van der Waals surface area contributed by atoms with Gasteiger partial charge in [0, 0.05) is 55.9 Å². The van der Waals surface area contributed by atoms with Crippen LogP contribution in [-0.4, -0.2) is 51.8 Å². The van der Waals surface area contributed by atoms with Crippen molar-refractivity contribution in [3.63, 3.8) is 0 Å². The summed E-state index contributed by atoms with van der Waals surface area (Å²) in [7, 11) is 0. The van der Waals surface area contributed by atoms with E-state index in [1.54, 1.807) is 25.4 Å². The minimum Gasteiger partial charge on any atom is -0.368 e. The molecule has 2 aromatic heterocycles. The molecule has 1 aliphatic heterocycles. The first-order chi connectivity index (χ1) is 14.1. The van der Waals surface area contributed by atoms with E-state index in [2.05, 4.69) is 27.1 Å². The van der Waals surface area contributed by atoms with Gasteiger partial charge >= 0.3 is 0 Å². The van der Waals surface area contributed by atoms with Crippen LogP contribution in [0.15, 0.2) is 71.8 Å². The van der Waals surface area contributed by atoms with E-state index in [4.69, 9.17) is 0 Å². The number of pyridine rings is 1. The lowest BCUT2D eigenvalue weighted by Gasteiger charge is -2.37. The van der Waals surface area contributed by atoms with Gasteiger partial charge < -0.3 is 9.80 Å². The Balaban J connectivity index is 1.48. The normalized spacial score (nSPS) is 15.2. The van der Waals surface area contributed by atoms with Gasteiger partial charge in [0.15, 0.2) is 0 Å². The molecule has 29 heavy (non-hydrogen) atoms. The fraction of sp³-hybridized carbons (Fsp3) is 0.273. The van der Waals surface area contributed by atoms with Gasteiger partial charge in [-0.25, -0.2) is 4.68 Å². The summed E-state index contributed by atoms with van der Waals surface area (Å²) in [6, 6.07) is 16.3. The molecule has 1 aliphatic rings. The Hall–Kier alpha value is -3.48. The monoisotopic (exact) mass is 389 g/mol. The van der Waals surface area contributed by atoms with E-state index in [0.29, 0.717) is 18.8 Å². The molecule has 0 N–H and O–H groups in total. The van der Waals surface area contributed by atoms with Gasteiger partial charge in [0.05, 0.1) is 5.69 Å². The zero-order chi connectivity index (χ0) is 20.2. The molecule has 1 atom stereocenters. The summed E-state index contributed by atoms with van der Waals surface area (Å²) in [5.74, 6) is -0.0874. The molecule has 1 saturated heterocycles. The molecule has 7 nitrogen and oxygen atoms in total. The van der Waals surface area contributed by atoms with Crippen molar-refractivity contribution in [3.05, 3.63) is 77.3 Å². The third-order valence-electron chi connectivity index (χ3n) is 5.22. The lowest BCUT2D eigenvalue weighted by atomic mass is 10.2. The number of amides is 1. The van der Waals surface area contributed by atoms with E-state index >= 15 is 0 Å². The van der Waals surface area contributed by atoms with Gasteiger partial charge in [-0.2, -0.15) is 5.10 Å². The van der Waals surface area contributed by atoms with Crippen molar-refractivity contribution < 1.29 is 4.79 Å². The maximum absolute atomic E-state index is 13.0. The largest absolute Gasteiger partial charge is 0.368 e. The van der Waals surface area contributed by atoms with Crippen molar-refractivity contribution in [2.75, 3.05) is 31.1 Å². The second-order valence-electron chi connectivity index (χ2n) is 7.07. The number of para-hydroxylation sites is 1. The van der Waals surface area contributed by atoms with Crippen LogP contribution < -0.4 is 10.5 Å². The minimum atomic E-state index is -0.664. The molecule has 0 bridgehead atoms. The van der Waals surface area contributed by atoms with Gasteiger partial charge in [-0.3, -0.25) is 14.6 Å². The van der Waals surface area contributed by atoms with Crippen molar-refractivity contribution in [2.24, 2.45) is 0 Å². The molecule has 0 saturated carbocycles. The summed E-state index contributed by atoms with van der Waals surface area (Å²) in [6.45, 7) is 4.50. The molecule has 1 unspecified atom stereocenters. The first-order valence-corrected chi connectivity index (χ1v) is 9.72. The highest BCUT2D eigenvalue weighted by molar-refractivity contribution is 5.80. The third-order valence-corrected chi connectivity index (χ3v) is 5.22. The maximum Gasteiger partial charge on any atom is 0.267 e. The SMILES string of the molecule is CC(C(=O)N1CCN(c2ccccc2)CC1)n1nc(-c2cccnc2)ccc1=O. The van der Waals surface area contributed by atoms with Gasteiger partial charge in [0.2, 0.25) is 5.91 Å². The molecular formula is C22H23N5O2. The van der Waals surface area contributed by atoms with E-state index in [9.17, 15) is 9.59 Å². The van der Waals surface area contributed by atoms with Crippen LogP contribution in [0.5, 0.6) is 0 Å². The number of rotatable bonds is 4. The summed E-state index contributed by atoms with van der Waals surface area (Å²) >= 11 is 0. The molecular weight excluding hydrogens is 366 g/mol. The van der Waals surface area contributed by atoms with Crippen LogP contribution in [0.4, 0.5) is 5.69 Å². The third kappa shape index (κ3) is 4.03. The van der Waals surface area contributed by atoms with Gasteiger partial charge in [-0.1, -0.05) is 18.2 Å². The Labute approximate surface area is 169 Å². The maximum atomic E-state index is 13.0. The molecule has 148 valence electrons. The zero-order valence-electron chi connectivity index (χ0n) is 16.3. The van der Waals surface area contributed by atoms with E-state index in [-0.39, 0.29) is 11.5 Å². The second-order valence-corrected chi connectivity index (χ2v) is 7.07. The van der Waals surface area contributed by atoms with Crippen LogP contribution >= 0.6 is 0 Å². The van der Waals surface area contributed by atoms with Crippen LogP contribution in [0.25, 0.3) is 11.3 Å². The Bertz CT molecular complexity index is 1030. The highest BCUT2D eigenvalue weighted by atomic mass is 16.2. The Morgan fingerprint density at radius 1 is 0.966 bits per heavy atom. The van der Waals surface area contributed by atoms with Gasteiger partial charge in [0.1, 0.15) is 6.04 Å². The van der Waals surface area contributed by atoms with Crippen LogP contribution in [0.2, 0.25) is 0 Å². The topological polar surface area (TPSA) is 71.3 Å². The number of carbonyl (C=O) groups excluding carboxylic acids is 1. The summed E-state index contributed by atoms with van der Waals surface area (Å²) in [5, 5.41) is 4.43. The standard InChI is InChI=1S/C22H23N5O2/c1-17(27-21(28)10-9-20(24-27)18-6-5-11-23-16-18)22(29)26-14-12-25(13-15-26)19-7-3-2-4-8-19/h2-11,16-17H,12-15H2,1H3. The van der Waals surface area contributed by atoms with Gasteiger partial charge in [0.25, 0.3) is 5.56 Å². The average molecular weight is 389 g/mol. The summed E-state index contributed by atoms with van der Waals surface area (Å²) in [6.07, 6.45) is 3.37. The number of benzene rings is 1. The molecule has 4 rings (SSSR count). The number of nitrogens with zero attached hydrogens (tertiary/aromatic N) is 5. The number of carbonyl (C=O) groups is 1. The molecule has 0 radical (unpaired) electrons. The van der Waals surface area contributed by atoms with Crippen LogP contribution in [-0.2, 0) is 4.79 Å². The van der Waals surface area contributed by atoms with Crippen LogP contribution in [0, 0.1) is 0 Å². The Kier molecular flexibility index (Phi) is 5.37. The lowest BCUT2D eigenvalue weighted by molar-refractivity contribution is -0.135. The summed E-state index contributed by atoms with van der Waals surface area (Å²) in [5.41, 5.74) is 2.29. The molecule has 0 spiro atoms. The highest BCUT2D eigenvalue weighted by Crippen LogP contribution is 2.18. The van der Waals surface area contributed by atoms with Crippen molar-refractivity contribution >= 4 is 11.6 Å². The average Bonchev–Trinajstić information content (AvgIpc) is 2.80. The summed E-state index contributed by atoms with van der Waals surface area (Å²) < 4.78 is 1.27.